The Balaban J connectivity index is 2.87. The van der Waals surface area contributed by atoms with Crippen molar-refractivity contribution in [2.75, 3.05) is 0 Å². The van der Waals surface area contributed by atoms with Crippen LogP contribution in [0.4, 0.5) is 0 Å². The molecular weight excluding hydrogens is 223 g/mol. The molecule has 0 nitrogen and oxygen atoms in total. The van der Waals surface area contributed by atoms with Gasteiger partial charge in [0.25, 0.3) is 0 Å². The molecule has 1 aromatic heterocycles. The topological polar surface area (TPSA) is 0 Å². The number of fused-ring (bicyclic) bond motifs is 1. The summed E-state index contributed by atoms with van der Waals surface area (Å²) in [5, 5.41) is 2.19. The summed E-state index contributed by atoms with van der Waals surface area (Å²) in [4.78, 5) is 2.30. The normalized spacial score (nSPS) is 10.7. The number of hydrogen-bond donors (Lipinski definition) is 0. The molecule has 56 valence electrons. The first-order valence-electron chi connectivity index (χ1n) is 3.41. The minimum atomic E-state index is 0.546. The molecular formula is C9H7ClSe. The second-order valence-corrected chi connectivity index (χ2v) is 4.91. The number of rotatable bonds is 0. The molecule has 0 radical (unpaired) electrons. The van der Waals surface area contributed by atoms with Crippen LogP contribution in [-0.4, -0.2) is 14.5 Å². The molecule has 0 aliphatic rings. The van der Waals surface area contributed by atoms with Crippen molar-refractivity contribution in [3.8, 4) is 0 Å². The Morgan fingerprint density at radius 2 is 2.18 bits per heavy atom. The third-order valence-electron chi connectivity index (χ3n) is 1.73. The second-order valence-electron chi connectivity index (χ2n) is 2.56. The van der Waals surface area contributed by atoms with Gasteiger partial charge < -0.3 is 0 Å². The van der Waals surface area contributed by atoms with E-state index in [-0.39, 0.29) is 0 Å². The monoisotopic (exact) mass is 230 g/mol. The fourth-order valence-corrected chi connectivity index (χ4v) is 3.24. The summed E-state index contributed by atoms with van der Waals surface area (Å²) < 4.78 is 1.46. The van der Waals surface area contributed by atoms with Crippen LogP contribution in [0.5, 0.6) is 0 Å². The average molecular weight is 230 g/mol. The molecule has 1 heterocycles. The van der Waals surface area contributed by atoms with Crippen LogP contribution in [0.25, 0.3) is 9.65 Å². The summed E-state index contributed by atoms with van der Waals surface area (Å²) in [7, 11) is 0. The van der Waals surface area contributed by atoms with Crippen LogP contribution in [0.1, 0.15) is 5.56 Å². The first kappa shape index (κ1) is 7.42. The van der Waals surface area contributed by atoms with Crippen molar-refractivity contribution in [2.24, 2.45) is 0 Å². The molecule has 0 saturated heterocycles. The molecule has 0 fully saturated rings. The van der Waals surface area contributed by atoms with E-state index >= 15 is 0 Å². The Bertz CT molecular complexity index is 389. The van der Waals surface area contributed by atoms with E-state index in [2.05, 4.69) is 24.0 Å². The van der Waals surface area contributed by atoms with E-state index in [9.17, 15) is 0 Å². The molecule has 11 heavy (non-hydrogen) atoms. The summed E-state index contributed by atoms with van der Waals surface area (Å²) >= 11 is 6.41. The molecule has 0 bridgehead atoms. The van der Waals surface area contributed by atoms with E-state index in [1.165, 1.54) is 15.2 Å². The zero-order chi connectivity index (χ0) is 7.84. The van der Waals surface area contributed by atoms with Gasteiger partial charge in [0.2, 0.25) is 0 Å². The van der Waals surface area contributed by atoms with E-state index in [1.807, 2.05) is 6.07 Å². The van der Waals surface area contributed by atoms with Crippen LogP contribution in [0, 0.1) is 6.92 Å². The maximum atomic E-state index is 5.87. The van der Waals surface area contributed by atoms with Crippen LogP contribution in [-0.2, 0) is 0 Å². The van der Waals surface area contributed by atoms with Gasteiger partial charge >= 0.3 is 76.4 Å². The Kier molecular flexibility index (Phi) is 1.80. The van der Waals surface area contributed by atoms with Crippen molar-refractivity contribution < 1.29 is 0 Å². The van der Waals surface area contributed by atoms with E-state index in [1.54, 1.807) is 0 Å². The van der Waals surface area contributed by atoms with Gasteiger partial charge in [-0.15, -0.1) is 0 Å². The molecule has 0 spiro atoms. The van der Waals surface area contributed by atoms with E-state index < -0.39 is 0 Å². The van der Waals surface area contributed by atoms with E-state index in [4.69, 9.17) is 11.6 Å². The Labute approximate surface area is 76.5 Å². The number of benzene rings is 1. The van der Waals surface area contributed by atoms with Crippen LogP contribution in [0.15, 0.2) is 23.1 Å². The van der Waals surface area contributed by atoms with Gasteiger partial charge in [-0.05, 0) is 0 Å². The van der Waals surface area contributed by atoms with Gasteiger partial charge in [0.05, 0.1) is 0 Å². The fourth-order valence-electron chi connectivity index (χ4n) is 1.13. The SMILES string of the molecule is Cc1c[se]c2ccc(Cl)cc12. The Morgan fingerprint density at radius 3 is 3.00 bits per heavy atom. The zero-order valence-electron chi connectivity index (χ0n) is 6.10. The van der Waals surface area contributed by atoms with Crippen LogP contribution >= 0.6 is 11.6 Å². The molecule has 0 saturated carbocycles. The molecule has 1 aromatic carbocycles. The third-order valence-corrected chi connectivity index (χ3v) is 4.23. The van der Waals surface area contributed by atoms with Gasteiger partial charge in [-0.25, -0.2) is 0 Å². The van der Waals surface area contributed by atoms with E-state index in [0.29, 0.717) is 14.5 Å². The summed E-state index contributed by atoms with van der Waals surface area (Å²) in [6, 6.07) is 6.15. The average Bonchev–Trinajstić information content (AvgIpc) is 2.33. The maximum absolute atomic E-state index is 5.87. The molecule has 0 amide bonds. The first-order chi connectivity index (χ1) is 5.27. The minimum absolute atomic E-state index is 0.546. The van der Waals surface area contributed by atoms with Crippen LogP contribution < -0.4 is 0 Å². The molecule has 0 atom stereocenters. The number of hydrogen-bond acceptors (Lipinski definition) is 0. The van der Waals surface area contributed by atoms with Crippen LogP contribution in [0.2, 0.25) is 5.02 Å². The molecule has 2 heteroatoms. The van der Waals surface area contributed by atoms with Gasteiger partial charge in [-0.3, -0.25) is 0 Å². The summed E-state index contributed by atoms with van der Waals surface area (Å²) in [5.74, 6) is 0. The number of halogens is 1. The van der Waals surface area contributed by atoms with Crippen molar-refractivity contribution in [3.05, 3.63) is 33.7 Å². The predicted octanol–water partition coefficient (Wildman–Crippen LogP) is 2.86. The van der Waals surface area contributed by atoms with Crippen molar-refractivity contribution in [1.29, 1.82) is 0 Å². The Morgan fingerprint density at radius 1 is 1.36 bits per heavy atom. The van der Waals surface area contributed by atoms with Crippen molar-refractivity contribution in [1.82, 2.24) is 0 Å². The first-order valence-corrected chi connectivity index (χ1v) is 5.63. The standard InChI is InChI=1S/C9H7ClSe/c1-6-5-11-9-3-2-7(10)4-8(6)9/h2-5H,1H3. The van der Waals surface area contributed by atoms with Gasteiger partial charge in [0, 0.05) is 0 Å². The van der Waals surface area contributed by atoms with E-state index in [0.717, 1.165) is 5.02 Å². The second kappa shape index (κ2) is 2.67. The van der Waals surface area contributed by atoms with Crippen molar-refractivity contribution >= 4 is 35.8 Å². The summed E-state index contributed by atoms with van der Waals surface area (Å²) in [6.45, 7) is 2.14. The third kappa shape index (κ3) is 1.24. The van der Waals surface area contributed by atoms with Crippen molar-refractivity contribution in [2.45, 2.75) is 6.92 Å². The van der Waals surface area contributed by atoms with Gasteiger partial charge in [-0.2, -0.15) is 0 Å². The van der Waals surface area contributed by atoms with Gasteiger partial charge in [-0.1, -0.05) is 0 Å². The number of aryl methyl sites for hydroxylation is 1. The fraction of sp³-hybridized carbons (Fsp3) is 0.111. The molecule has 0 N–H and O–H groups in total. The van der Waals surface area contributed by atoms with Crippen LogP contribution in [0.3, 0.4) is 0 Å². The summed E-state index contributed by atoms with van der Waals surface area (Å²) in [6.07, 6.45) is 0. The summed E-state index contributed by atoms with van der Waals surface area (Å²) in [5.41, 5.74) is 1.38. The molecule has 2 aromatic rings. The predicted molar refractivity (Wildman–Crippen MR) is 50.6 cm³/mol. The van der Waals surface area contributed by atoms with Gasteiger partial charge in [0.15, 0.2) is 0 Å². The molecule has 0 aliphatic heterocycles. The Hall–Kier alpha value is -0.231. The van der Waals surface area contributed by atoms with Gasteiger partial charge in [0.1, 0.15) is 0 Å². The zero-order valence-corrected chi connectivity index (χ0v) is 8.56. The molecule has 0 aliphatic carbocycles. The molecule has 0 unspecified atom stereocenters. The van der Waals surface area contributed by atoms with Crippen molar-refractivity contribution in [3.63, 3.8) is 0 Å². The molecule has 2 rings (SSSR count). The quantitative estimate of drug-likeness (QED) is 0.610.